The first-order chi connectivity index (χ1) is 8.72. The van der Waals surface area contributed by atoms with Crippen LogP contribution in [0.5, 0.6) is 0 Å². The van der Waals surface area contributed by atoms with E-state index in [2.05, 4.69) is 55.0 Å². The van der Waals surface area contributed by atoms with Gasteiger partial charge in [0.1, 0.15) is 0 Å². The van der Waals surface area contributed by atoms with E-state index in [1.165, 1.54) is 11.3 Å². The molecule has 0 spiro atoms. The van der Waals surface area contributed by atoms with Crippen molar-refractivity contribution in [1.82, 2.24) is 0 Å². The fraction of sp³-hybridized carbons (Fsp3) is 0.538. The van der Waals surface area contributed by atoms with Crippen molar-refractivity contribution in [3.63, 3.8) is 0 Å². The summed E-state index contributed by atoms with van der Waals surface area (Å²) in [5.41, 5.74) is 2.43. The zero-order chi connectivity index (χ0) is 13.4. The first-order valence-corrected chi connectivity index (χ1v) is 7.71. The molecule has 0 radical (unpaired) electrons. The largest absolute Gasteiger partial charge is 0.383 e. The number of halogens is 2. The first-order valence-electron chi connectivity index (χ1n) is 5.80. The number of hydrogen-bond donors (Lipinski definition) is 0. The summed E-state index contributed by atoms with van der Waals surface area (Å²) in [6.45, 7) is 3.14. The van der Waals surface area contributed by atoms with Crippen LogP contribution in [0.15, 0.2) is 22.7 Å². The average molecular weight is 381 g/mol. The highest BCUT2D eigenvalue weighted by Gasteiger charge is 2.08. The standard InChI is InChI=1S/C13H19Br2NO2/c1-17-7-5-16(6-8-18-2)12-4-3-11(10-14)13(15)9-12/h3-4,9H,5-8,10H2,1-2H3. The van der Waals surface area contributed by atoms with Crippen molar-refractivity contribution < 1.29 is 9.47 Å². The molecule has 0 aliphatic carbocycles. The number of ether oxygens (including phenoxy) is 2. The molecule has 0 bridgehead atoms. The smallest absolute Gasteiger partial charge is 0.0637 e. The van der Waals surface area contributed by atoms with Crippen molar-refractivity contribution in [3.8, 4) is 0 Å². The van der Waals surface area contributed by atoms with E-state index in [0.717, 1.165) is 22.9 Å². The van der Waals surface area contributed by atoms with Crippen LogP contribution >= 0.6 is 31.9 Å². The number of anilines is 1. The molecule has 0 aliphatic heterocycles. The Morgan fingerprint density at radius 2 is 1.72 bits per heavy atom. The highest BCUT2D eigenvalue weighted by atomic mass is 79.9. The van der Waals surface area contributed by atoms with Gasteiger partial charge in [-0.2, -0.15) is 0 Å². The van der Waals surface area contributed by atoms with Crippen molar-refractivity contribution >= 4 is 37.5 Å². The normalized spacial score (nSPS) is 10.7. The predicted molar refractivity (Wildman–Crippen MR) is 82.7 cm³/mol. The molecule has 0 unspecified atom stereocenters. The lowest BCUT2D eigenvalue weighted by Crippen LogP contribution is -2.30. The number of alkyl halides is 1. The Morgan fingerprint density at radius 3 is 2.17 bits per heavy atom. The number of benzene rings is 1. The van der Waals surface area contributed by atoms with E-state index >= 15 is 0 Å². The van der Waals surface area contributed by atoms with Gasteiger partial charge in [0.25, 0.3) is 0 Å². The molecule has 102 valence electrons. The highest BCUT2D eigenvalue weighted by Crippen LogP contribution is 2.25. The summed E-state index contributed by atoms with van der Waals surface area (Å²) >= 11 is 7.06. The van der Waals surface area contributed by atoms with E-state index < -0.39 is 0 Å². The Balaban J connectivity index is 2.79. The molecule has 5 heteroatoms. The van der Waals surface area contributed by atoms with Gasteiger partial charge in [0, 0.05) is 42.8 Å². The molecule has 0 amide bonds. The van der Waals surface area contributed by atoms with Crippen LogP contribution in [0.2, 0.25) is 0 Å². The van der Waals surface area contributed by atoms with Crippen LogP contribution in [-0.4, -0.2) is 40.5 Å². The Kier molecular flexibility index (Phi) is 7.90. The number of nitrogens with zero attached hydrogens (tertiary/aromatic N) is 1. The van der Waals surface area contributed by atoms with Crippen LogP contribution in [0.25, 0.3) is 0 Å². The topological polar surface area (TPSA) is 21.7 Å². The highest BCUT2D eigenvalue weighted by molar-refractivity contribution is 9.10. The summed E-state index contributed by atoms with van der Waals surface area (Å²) in [4.78, 5) is 2.26. The van der Waals surface area contributed by atoms with E-state index in [1.807, 2.05) is 0 Å². The third-order valence-electron chi connectivity index (χ3n) is 2.68. The Bertz CT molecular complexity index is 353. The van der Waals surface area contributed by atoms with Gasteiger partial charge >= 0.3 is 0 Å². The van der Waals surface area contributed by atoms with Crippen LogP contribution in [0.4, 0.5) is 5.69 Å². The molecule has 0 saturated carbocycles. The molecular formula is C13H19Br2NO2. The second-order valence-corrected chi connectivity index (χ2v) is 5.30. The van der Waals surface area contributed by atoms with Gasteiger partial charge in [-0.05, 0) is 17.7 Å². The Hall–Kier alpha value is -0.100. The maximum absolute atomic E-state index is 5.15. The molecule has 0 atom stereocenters. The molecular weight excluding hydrogens is 362 g/mol. The van der Waals surface area contributed by atoms with E-state index in [-0.39, 0.29) is 0 Å². The van der Waals surface area contributed by atoms with Gasteiger partial charge in [-0.25, -0.2) is 0 Å². The van der Waals surface area contributed by atoms with Gasteiger partial charge in [-0.15, -0.1) is 0 Å². The van der Waals surface area contributed by atoms with Crippen molar-refractivity contribution in [1.29, 1.82) is 0 Å². The SMILES string of the molecule is COCCN(CCOC)c1ccc(CBr)c(Br)c1. The van der Waals surface area contributed by atoms with Gasteiger partial charge in [-0.3, -0.25) is 0 Å². The third kappa shape index (κ3) is 4.88. The predicted octanol–water partition coefficient (Wildman–Crippen LogP) is 3.44. The molecule has 0 heterocycles. The van der Waals surface area contributed by atoms with Crippen LogP contribution in [0, 0.1) is 0 Å². The van der Waals surface area contributed by atoms with Gasteiger partial charge in [0.15, 0.2) is 0 Å². The van der Waals surface area contributed by atoms with Crippen molar-refractivity contribution in [2.45, 2.75) is 5.33 Å². The maximum atomic E-state index is 5.15. The molecule has 0 aliphatic rings. The van der Waals surface area contributed by atoms with Crippen LogP contribution in [-0.2, 0) is 14.8 Å². The minimum atomic E-state index is 0.710. The number of hydrogen-bond acceptors (Lipinski definition) is 3. The second-order valence-electron chi connectivity index (χ2n) is 3.88. The summed E-state index contributed by atoms with van der Waals surface area (Å²) < 4.78 is 11.4. The lowest BCUT2D eigenvalue weighted by Gasteiger charge is -2.24. The third-order valence-corrected chi connectivity index (χ3v) is 4.02. The van der Waals surface area contributed by atoms with Crippen molar-refractivity contribution in [2.75, 3.05) is 45.4 Å². The molecule has 0 fully saturated rings. The minimum Gasteiger partial charge on any atom is -0.383 e. The summed E-state index contributed by atoms with van der Waals surface area (Å²) in [6, 6.07) is 6.40. The van der Waals surface area contributed by atoms with Crippen LogP contribution in [0.1, 0.15) is 5.56 Å². The van der Waals surface area contributed by atoms with Gasteiger partial charge < -0.3 is 14.4 Å². The van der Waals surface area contributed by atoms with E-state index in [1.54, 1.807) is 14.2 Å². The van der Waals surface area contributed by atoms with E-state index in [9.17, 15) is 0 Å². The van der Waals surface area contributed by atoms with Gasteiger partial charge in [-0.1, -0.05) is 37.9 Å². The molecule has 0 N–H and O–H groups in total. The molecule has 1 rings (SSSR count). The minimum absolute atomic E-state index is 0.710. The Morgan fingerprint density at radius 1 is 1.11 bits per heavy atom. The van der Waals surface area contributed by atoms with E-state index in [4.69, 9.17) is 9.47 Å². The second kappa shape index (κ2) is 8.91. The monoisotopic (exact) mass is 379 g/mol. The molecule has 0 saturated heterocycles. The lowest BCUT2D eigenvalue weighted by molar-refractivity contribution is 0.190. The number of methoxy groups -OCH3 is 2. The summed E-state index contributed by atoms with van der Waals surface area (Å²) in [5, 5.41) is 0.851. The van der Waals surface area contributed by atoms with Crippen LogP contribution < -0.4 is 4.90 Å². The maximum Gasteiger partial charge on any atom is 0.0637 e. The van der Waals surface area contributed by atoms with Crippen molar-refractivity contribution in [3.05, 3.63) is 28.2 Å². The fourth-order valence-corrected chi connectivity index (χ4v) is 2.99. The number of rotatable bonds is 8. The summed E-state index contributed by atoms with van der Waals surface area (Å²) in [7, 11) is 3.44. The fourth-order valence-electron chi connectivity index (χ4n) is 1.61. The summed E-state index contributed by atoms with van der Waals surface area (Å²) in [5.74, 6) is 0. The van der Waals surface area contributed by atoms with Crippen LogP contribution in [0.3, 0.4) is 0 Å². The van der Waals surface area contributed by atoms with Gasteiger partial charge in [0.05, 0.1) is 13.2 Å². The molecule has 3 nitrogen and oxygen atoms in total. The molecule has 0 aromatic heterocycles. The zero-order valence-electron chi connectivity index (χ0n) is 10.8. The first kappa shape index (κ1) is 16.0. The molecule has 1 aromatic rings. The molecule has 18 heavy (non-hydrogen) atoms. The quantitative estimate of drug-likeness (QED) is 0.645. The Labute approximate surface area is 126 Å². The average Bonchev–Trinajstić information content (AvgIpc) is 2.39. The van der Waals surface area contributed by atoms with Crippen molar-refractivity contribution in [2.24, 2.45) is 0 Å². The molecule has 1 aromatic carbocycles. The zero-order valence-corrected chi connectivity index (χ0v) is 14.0. The van der Waals surface area contributed by atoms with Gasteiger partial charge in [0.2, 0.25) is 0 Å². The summed E-state index contributed by atoms with van der Waals surface area (Å²) in [6.07, 6.45) is 0. The van der Waals surface area contributed by atoms with E-state index in [0.29, 0.717) is 13.2 Å². The lowest BCUT2D eigenvalue weighted by atomic mass is 10.2.